The summed E-state index contributed by atoms with van der Waals surface area (Å²) in [5.74, 6) is 0. The lowest BCUT2D eigenvalue weighted by atomic mass is 10.1. The van der Waals surface area contributed by atoms with Gasteiger partial charge in [-0.3, -0.25) is 0 Å². The summed E-state index contributed by atoms with van der Waals surface area (Å²) in [5, 5.41) is 20.0. The molecule has 4 nitrogen and oxygen atoms in total. The minimum Gasteiger partial charge on any atom is -0.240 e. The Morgan fingerprint density at radius 3 is 2.31 bits per heavy atom. The first-order valence-corrected chi connectivity index (χ1v) is 12.4. The second kappa shape index (κ2) is 9.46. The van der Waals surface area contributed by atoms with Crippen LogP contribution in [0.4, 0.5) is 0 Å². The normalized spacial score (nSPS) is 11.5. The highest BCUT2D eigenvalue weighted by molar-refractivity contribution is 7.11. The van der Waals surface area contributed by atoms with E-state index >= 15 is 0 Å². The van der Waals surface area contributed by atoms with Crippen LogP contribution in [0.3, 0.4) is 0 Å². The van der Waals surface area contributed by atoms with Gasteiger partial charge in [0.15, 0.2) is 0 Å². The maximum absolute atomic E-state index is 10.1. The van der Waals surface area contributed by atoms with Gasteiger partial charge in [0.2, 0.25) is 0 Å². The van der Waals surface area contributed by atoms with Gasteiger partial charge in [0.05, 0.1) is 22.6 Å². The predicted octanol–water partition coefficient (Wildman–Crippen LogP) is 7.88. The fraction of sp³-hybridized carbons (Fsp3) is 0. The van der Waals surface area contributed by atoms with Crippen LogP contribution in [0.1, 0.15) is 10.6 Å². The van der Waals surface area contributed by atoms with Crippen molar-refractivity contribution in [3.8, 4) is 34.3 Å². The summed E-state index contributed by atoms with van der Waals surface area (Å²) in [6.45, 7) is 0. The first kappa shape index (κ1) is 21.7. The van der Waals surface area contributed by atoms with E-state index < -0.39 is 0 Å². The van der Waals surface area contributed by atoms with Gasteiger partial charge in [-0.15, -0.1) is 11.3 Å². The number of nitriles is 1. The molecular weight excluding hydrogens is 460 g/mol. The van der Waals surface area contributed by atoms with E-state index in [0.717, 1.165) is 33.8 Å². The van der Waals surface area contributed by atoms with E-state index in [0.29, 0.717) is 10.6 Å². The molecule has 36 heavy (non-hydrogen) atoms. The van der Waals surface area contributed by atoms with Crippen LogP contribution in [0.2, 0.25) is 0 Å². The molecule has 2 aromatic heterocycles. The Labute approximate surface area is 213 Å². The predicted molar refractivity (Wildman–Crippen MR) is 148 cm³/mol. The number of hydrogen-bond acceptors (Lipinski definition) is 4. The number of rotatable bonds is 5. The van der Waals surface area contributed by atoms with E-state index in [1.54, 1.807) is 0 Å². The van der Waals surface area contributed by atoms with Gasteiger partial charge in [-0.05, 0) is 35.0 Å². The third-order valence-corrected chi connectivity index (χ3v) is 6.89. The molecule has 0 fully saturated rings. The van der Waals surface area contributed by atoms with Crippen molar-refractivity contribution in [1.82, 2.24) is 14.8 Å². The first-order valence-electron chi connectivity index (χ1n) is 11.6. The maximum atomic E-state index is 10.1. The number of fused-ring (bicyclic) bond motifs is 1. The number of benzene rings is 4. The van der Waals surface area contributed by atoms with Crippen LogP contribution < -0.4 is 0 Å². The molecule has 0 bridgehead atoms. The number of aromatic nitrogens is 3. The molecule has 5 heteroatoms. The van der Waals surface area contributed by atoms with Crippen LogP contribution in [-0.4, -0.2) is 14.8 Å². The summed E-state index contributed by atoms with van der Waals surface area (Å²) < 4.78 is 1.85. The van der Waals surface area contributed by atoms with Crippen molar-refractivity contribution < 1.29 is 0 Å². The van der Waals surface area contributed by atoms with Gasteiger partial charge in [0, 0.05) is 28.3 Å². The second-order valence-corrected chi connectivity index (χ2v) is 9.21. The van der Waals surface area contributed by atoms with Gasteiger partial charge in [0.25, 0.3) is 0 Å². The molecule has 4 aromatic carbocycles. The van der Waals surface area contributed by atoms with Crippen LogP contribution in [0, 0.1) is 11.3 Å². The van der Waals surface area contributed by atoms with Crippen LogP contribution >= 0.6 is 11.3 Å². The Morgan fingerprint density at radius 1 is 0.806 bits per heavy atom. The van der Waals surface area contributed by atoms with Crippen molar-refractivity contribution in [2.24, 2.45) is 0 Å². The Hall–Kier alpha value is -4.79. The molecule has 0 saturated heterocycles. The molecule has 0 unspecified atom stereocenters. The fourth-order valence-electron chi connectivity index (χ4n) is 4.20. The molecule has 0 N–H and O–H groups in total. The van der Waals surface area contributed by atoms with E-state index in [1.165, 1.54) is 22.1 Å². The molecule has 6 aromatic rings. The zero-order valence-corrected chi connectivity index (χ0v) is 20.1. The average molecular weight is 481 g/mol. The third-order valence-electron chi connectivity index (χ3n) is 6.01. The summed E-state index contributed by atoms with van der Waals surface area (Å²) in [7, 11) is 0. The number of allylic oxidation sites excluding steroid dienone is 1. The smallest absolute Gasteiger partial charge is 0.134 e. The summed E-state index contributed by atoms with van der Waals surface area (Å²) in [4.78, 5) is 4.82. The molecule has 0 aliphatic rings. The minimum atomic E-state index is 0.511. The van der Waals surface area contributed by atoms with Gasteiger partial charge in [-0.25, -0.2) is 9.67 Å². The SMILES string of the molecule is N#C/C(=C\c1cn(-c2ccccc2)nc1-c1ccccc1)c1nc(-c2ccc3ccccc3c2)cs1. The monoisotopic (exact) mass is 480 g/mol. The maximum Gasteiger partial charge on any atom is 0.134 e. The lowest BCUT2D eigenvalue weighted by molar-refractivity contribution is 0.884. The quantitative estimate of drug-likeness (QED) is 0.236. The van der Waals surface area contributed by atoms with E-state index in [-0.39, 0.29) is 0 Å². The van der Waals surface area contributed by atoms with Gasteiger partial charge in [-0.2, -0.15) is 10.4 Å². The minimum absolute atomic E-state index is 0.511. The van der Waals surface area contributed by atoms with Crippen molar-refractivity contribution in [3.63, 3.8) is 0 Å². The summed E-state index contributed by atoms with van der Waals surface area (Å²) in [6, 6.07) is 37.0. The Bertz CT molecular complexity index is 1740. The standard InChI is InChI=1S/C31H20N4S/c32-19-26(31-33-29(21-36-31)25-16-15-22-9-7-8-12-24(22)17-25)18-27-20-35(28-13-5-2-6-14-28)34-30(27)23-10-3-1-4-11-23/h1-18,20-21H/b26-18+. The zero-order valence-electron chi connectivity index (χ0n) is 19.2. The second-order valence-electron chi connectivity index (χ2n) is 8.35. The van der Waals surface area contributed by atoms with Gasteiger partial charge < -0.3 is 0 Å². The Balaban J connectivity index is 1.41. The van der Waals surface area contributed by atoms with Crippen LogP contribution in [0.25, 0.3) is 50.6 Å². The molecule has 2 heterocycles. The van der Waals surface area contributed by atoms with E-state index in [9.17, 15) is 5.26 Å². The lowest BCUT2D eigenvalue weighted by Gasteiger charge is -2.01. The lowest BCUT2D eigenvalue weighted by Crippen LogP contribution is -1.93. The number of hydrogen-bond donors (Lipinski definition) is 0. The highest BCUT2D eigenvalue weighted by Gasteiger charge is 2.15. The molecule has 0 amide bonds. The largest absolute Gasteiger partial charge is 0.240 e. The molecule has 6 rings (SSSR count). The molecule has 0 saturated carbocycles. The molecule has 0 atom stereocenters. The topological polar surface area (TPSA) is 54.5 Å². The molecule has 170 valence electrons. The Kier molecular flexibility index (Phi) is 5.71. The van der Waals surface area contributed by atoms with Crippen molar-refractivity contribution in [1.29, 1.82) is 5.26 Å². The highest BCUT2D eigenvalue weighted by atomic mass is 32.1. The van der Waals surface area contributed by atoms with Gasteiger partial charge in [-0.1, -0.05) is 84.9 Å². The van der Waals surface area contributed by atoms with Crippen molar-refractivity contribution in [2.75, 3.05) is 0 Å². The molecule has 0 spiro atoms. The van der Waals surface area contributed by atoms with Crippen LogP contribution in [-0.2, 0) is 0 Å². The molecular formula is C31H20N4S. The Morgan fingerprint density at radius 2 is 1.53 bits per heavy atom. The number of nitrogens with zero attached hydrogens (tertiary/aromatic N) is 4. The van der Waals surface area contributed by atoms with Crippen molar-refractivity contribution in [3.05, 3.63) is 125 Å². The van der Waals surface area contributed by atoms with E-state index in [1.807, 2.05) is 95.1 Å². The molecule has 0 radical (unpaired) electrons. The van der Waals surface area contributed by atoms with Crippen LogP contribution in [0.5, 0.6) is 0 Å². The van der Waals surface area contributed by atoms with Crippen molar-refractivity contribution in [2.45, 2.75) is 0 Å². The van der Waals surface area contributed by atoms with Gasteiger partial charge >= 0.3 is 0 Å². The molecule has 0 aliphatic heterocycles. The number of para-hydroxylation sites is 1. The average Bonchev–Trinajstić information content (AvgIpc) is 3.60. The van der Waals surface area contributed by atoms with Gasteiger partial charge in [0.1, 0.15) is 11.1 Å². The van der Waals surface area contributed by atoms with Crippen LogP contribution in [0.15, 0.2) is 115 Å². The highest BCUT2D eigenvalue weighted by Crippen LogP contribution is 2.31. The fourth-order valence-corrected chi connectivity index (χ4v) is 5.00. The van der Waals surface area contributed by atoms with E-state index in [4.69, 9.17) is 10.1 Å². The zero-order chi connectivity index (χ0) is 24.3. The van der Waals surface area contributed by atoms with Crippen molar-refractivity contribution >= 4 is 33.8 Å². The van der Waals surface area contributed by atoms with E-state index in [2.05, 4.69) is 36.4 Å². The summed E-state index contributed by atoms with van der Waals surface area (Å²) in [5.41, 5.74) is 6.05. The number of thiazole rings is 1. The summed E-state index contributed by atoms with van der Waals surface area (Å²) in [6.07, 6.45) is 3.85. The third kappa shape index (κ3) is 4.22. The summed E-state index contributed by atoms with van der Waals surface area (Å²) >= 11 is 1.48. The first-order chi connectivity index (χ1) is 17.8. The molecule has 0 aliphatic carbocycles.